The van der Waals surface area contributed by atoms with E-state index in [1.54, 1.807) is 0 Å². The SMILES string of the molecule is CC[C@H]1CCC(=C2CCC(F)(F)CC2)N1. The molecular formula is C12H19F2N. The van der Waals surface area contributed by atoms with E-state index in [9.17, 15) is 8.78 Å². The lowest BCUT2D eigenvalue weighted by Gasteiger charge is -2.25. The highest BCUT2D eigenvalue weighted by Crippen LogP contribution is 2.38. The van der Waals surface area contributed by atoms with Gasteiger partial charge in [-0.25, -0.2) is 8.78 Å². The van der Waals surface area contributed by atoms with Crippen LogP contribution in [0.3, 0.4) is 0 Å². The van der Waals surface area contributed by atoms with Gasteiger partial charge in [0, 0.05) is 24.6 Å². The van der Waals surface area contributed by atoms with Gasteiger partial charge in [-0.05, 0) is 32.1 Å². The Balaban J connectivity index is 1.97. The third-order valence-corrected chi connectivity index (χ3v) is 3.63. The van der Waals surface area contributed by atoms with Crippen molar-refractivity contribution < 1.29 is 8.78 Å². The highest BCUT2D eigenvalue weighted by molar-refractivity contribution is 5.19. The van der Waals surface area contributed by atoms with Crippen LogP contribution in [0.4, 0.5) is 8.78 Å². The van der Waals surface area contributed by atoms with Crippen molar-refractivity contribution in [3.63, 3.8) is 0 Å². The zero-order chi connectivity index (χ0) is 10.9. The van der Waals surface area contributed by atoms with Gasteiger partial charge in [0.15, 0.2) is 0 Å². The summed E-state index contributed by atoms with van der Waals surface area (Å²) in [4.78, 5) is 0. The fraction of sp³-hybridized carbons (Fsp3) is 0.833. The van der Waals surface area contributed by atoms with E-state index in [2.05, 4.69) is 12.2 Å². The first kappa shape index (κ1) is 10.9. The molecule has 0 radical (unpaired) electrons. The molecule has 86 valence electrons. The molecule has 2 aliphatic rings. The molecule has 0 spiro atoms. The van der Waals surface area contributed by atoms with E-state index in [1.807, 2.05) is 0 Å². The predicted molar refractivity (Wildman–Crippen MR) is 56.9 cm³/mol. The van der Waals surface area contributed by atoms with Crippen molar-refractivity contribution in [2.24, 2.45) is 0 Å². The summed E-state index contributed by atoms with van der Waals surface area (Å²) < 4.78 is 25.9. The van der Waals surface area contributed by atoms with Crippen LogP contribution in [0.25, 0.3) is 0 Å². The molecule has 0 amide bonds. The second-order valence-corrected chi connectivity index (χ2v) is 4.73. The average Bonchev–Trinajstić information content (AvgIpc) is 2.66. The molecule has 0 aromatic heterocycles. The van der Waals surface area contributed by atoms with E-state index in [4.69, 9.17) is 0 Å². The second kappa shape index (κ2) is 4.11. The summed E-state index contributed by atoms with van der Waals surface area (Å²) in [6.45, 7) is 2.17. The first-order valence-corrected chi connectivity index (χ1v) is 5.96. The lowest BCUT2D eigenvalue weighted by atomic mass is 9.90. The van der Waals surface area contributed by atoms with Gasteiger partial charge < -0.3 is 5.32 Å². The van der Waals surface area contributed by atoms with Crippen molar-refractivity contribution in [3.05, 3.63) is 11.3 Å². The molecule has 0 bridgehead atoms. The van der Waals surface area contributed by atoms with Gasteiger partial charge >= 0.3 is 0 Å². The molecule has 1 aliphatic heterocycles. The molecule has 0 aromatic rings. The van der Waals surface area contributed by atoms with Crippen LogP contribution < -0.4 is 5.32 Å². The van der Waals surface area contributed by atoms with E-state index in [0.717, 1.165) is 12.8 Å². The van der Waals surface area contributed by atoms with E-state index in [-0.39, 0.29) is 12.8 Å². The molecule has 1 heterocycles. The predicted octanol–water partition coefficient (Wildman–Crippen LogP) is 3.61. The number of nitrogens with one attached hydrogen (secondary N) is 1. The van der Waals surface area contributed by atoms with Crippen molar-refractivity contribution >= 4 is 0 Å². The van der Waals surface area contributed by atoms with Crippen molar-refractivity contribution in [2.75, 3.05) is 0 Å². The highest BCUT2D eigenvalue weighted by atomic mass is 19.3. The maximum Gasteiger partial charge on any atom is 0.248 e. The molecule has 0 unspecified atom stereocenters. The van der Waals surface area contributed by atoms with Gasteiger partial charge in [0.1, 0.15) is 0 Å². The monoisotopic (exact) mass is 215 g/mol. The molecule has 1 saturated heterocycles. The molecule has 1 N–H and O–H groups in total. The number of hydrogen-bond acceptors (Lipinski definition) is 1. The first-order chi connectivity index (χ1) is 7.11. The van der Waals surface area contributed by atoms with E-state index in [0.29, 0.717) is 18.9 Å². The fourth-order valence-corrected chi connectivity index (χ4v) is 2.51. The van der Waals surface area contributed by atoms with Crippen LogP contribution in [0.2, 0.25) is 0 Å². The third kappa shape index (κ3) is 2.50. The zero-order valence-corrected chi connectivity index (χ0v) is 9.28. The standard InChI is InChI=1S/C12H19F2N/c1-2-10-3-4-11(15-10)9-5-7-12(13,14)8-6-9/h10,15H,2-8H2,1H3/t10-/m0/s1. The fourth-order valence-electron chi connectivity index (χ4n) is 2.51. The summed E-state index contributed by atoms with van der Waals surface area (Å²) in [5.41, 5.74) is 2.54. The van der Waals surface area contributed by atoms with Crippen LogP contribution in [-0.4, -0.2) is 12.0 Å². The van der Waals surface area contributed by atoms with Crippen molar-refractivity contribution in [2.45, 2.75) is 63.8 Å². The largest absolute Gasteiger partial charge is 0.386 e. The van der Waals surface area contributed by atoms with E-state index >= 15 is 0 Å². The van der Waals surface area contributed by atoms with Crippen LogP contribution >= 0.6 is 0 Å². The Bertz CT molecular complexity index is 259. The molecule has 3 heteroatoms. The van der Waals surface area contributed by atoms with Gasteiger partial charge in [0.25, 0.3) is 0 Å². The summed E-state index contributed by atoms with van der Waals surface area (Å²) in [6.07, 6.45) is 4.64. The van der Waals surface area contributed by atoms with Gasteiger partial charge in [0.05, 0.1) is 0 Å². The number of allylic oxidation sites excluding steroid dienone is 2. The minimum absolute atomic E-state index is 0.0459. The number of hydrogen-bond donors (Lipinski definition) is 1. The van der Waals surface area contributed by atoms with Crippen molar-refractivity contribution in [1.82, 2.24) is 5.32 Å². The Labute approximate surface area is 89.9 Å². The Morgan fingerprint density at radius 1 is 1.27 bits per heavy atom. The second-order valence-electron chi connectivity index (χ2n) is 4.73. The van der Waals surface area contributed by atoms with Crippen molar-refractivity contribution in [3.8, 4) is 0 Å². The molecular weight excluding hydrogens is 196 g/mol. The zero-order valence-electron chi connectivity index (χ0n) is 9.28. The molecule has 2 fully saturated rings. The molecule has 2 rings (SSSR count). The summed E-state index contributed by atoms with van der Waals surface area (Å²) in [6, 6.07) is 0.579. The maximum atomic E-state index is 13.0. The van der Waals surface area contributed by atoms with Gasteiger partial charge in [-0.2, -0.15) is 0 Å². The quantitative estimate of drug-likeness (QED) is 0.704. The normalized spacial score (nSPS) is 30.5. The van der Waals surface area contributed by atoms with Crippen molar-refractivity contribution in [1.29, 1.82) is 0 Å². The number of alkyl halides is 2. The van der Waals surface area contributed by atoms with Gasteiger partial charge in [0.2, 0.25) is 5.92 Å². The topological polar surface area (TPSA) is 12.0 Å². The van der Waals surface area contributed by atoms with Crippen LogP contribution in [-0.2, 0) is 0 Å². The molecule has 1 aliphatic carbocycles. The van der Waals surface area contributed by atoms with Crippen LogP contribution in [0.1, 0.15) is 51.9 Å². The van der Waals surface area contributed by atoms with Crippen LogP contribution in [0.15, 0.2) is 11.3 Å². The molecule has 1 saturated carbocycles. The van der Waals surface area contributed by atoms with Gasteiger partial charge in [-0.15, -0.1) is 0 Å². The van der Waals surface area contributed by atoms with E-state index < -0.39 is 5.92 Å². The molecule has 0 aromatic carbocycles. The Morgan fingerprint density at radius 3 is 2.47 bits per heavy atom. The summed E-state index contributed by atoms with van der Waals surface area (Å²) in [5, 5.41) is 3.47. The van der Waals surface area contributed by atoms with Gasteiger partial charge in [-0.1, -0.05) is 12.5 Å². The van der Waals surface area contributed by atoms with E-state index in [1.165, 1.54) is 17.7 Å². The maximum absolute atomic E-state index is 13.0. The summed E-state index contributed by atoms with van der Waals surface area (Å²) in [7, 11) is 0. The summed E-state index contributed by atoms with van der Waals surface area (Å²) >= 11 is 0. The average molecular weight is 215 g/mol. The highest BCUT2D eigenvalue weighted by Gasteiger charge is 2.34. The Morgan fingerprint density at radius 2 is 1.93 bits per heavy atom. The van der Waals surface area contributed by atoms with Crippen LogP contribution in [0.5, 0.6) is 0 Å². The minimum Gasteiger partial charge on any atom is -0.386 e. The molecule has 15 heavy (non-hydrogen) atoms. The lowest BCUT2D eigenvalue weighted by molar-refractivity contribution is -0.0248. The van der Waals surface area contributed by atoms with Gasteiger partial charge in [-0.3, -0.25) is 0 Å². The number of rotatable bonds is 1. The lowest BCUT2D eigenvalue weighted by Crippen LogP contribution is -2.24. The Hall–Kier alpha value is -0.600. The Kier molecular flexibility index (Phi) is 2.98. The summed E-state index contributed by atoms with van der Waals surface area (Å²) in [5.74, 6) is -2.41. The first-order valence-electron chi connectivity index (χ1n) is 5.96. The smallest absolute Gasteiger partial charge is 0.248 e. The molecule has 1 nitrogen and oxygen atoms in total. The third-order valence-electron chi connectivity index (χ3n) is 3.63. The minimum atomic E-state index is -2.41. The van der Waals surface area contributed by atoms with Crippen LogP contribution in [0, 0.1) is 0 Å². The molecule has 1 atom stereocenters. The number of halogens is 2.